The number of nitrogens with one attached hydrogen (secondary N) is 1. The number of rotatable bonds is 3. The van der Waals surface area contributed by atoms with E-state index >= 15 is 0 Å². The molecule has 0 radical (unpaired) electrons. The van der Waals surface area contributed by atoms with Crippen LogP contribution in [0.5, 0.6) is 5.88 Å². The number of aromatic hydroxyl groups is 1. The average Bonchev–Trinajstić information content (AvgIpc) is 2.58. The van der Waals surface area contributed by atoms with Gasteiger partial charge in [-0.15, -0.1) is 0 Å². The first-order chi connectivity index (χ1) is 11.9. The van der Waals surface area contributed by atoms with E-state index in [0.717, 1.165) is 0 Å². The highest BCUT2D eigenvalue weighted by atomic mass is 16.3. The van der Waals surface area contributed by atoms with Gasteiger partial charge in [0.2, 0.25) is 5.88 Å². The van der Waals surface area contributed by atoms with Gasteiger partial charge in [0, 0.05) is 22.5 Å². The lowest BCUT2D eigenvalue weighted by molar-refractivity contribution is 0.432. The number of pyridine rings is 2. The lowest BCUT2D eigenvalue weighted by Gasteiger charge is -2.17. The van der Waals surface area contributed by atoms with Crippen LogP contribution < -0.4 is 11.0 Å². The fourth-order valence-electron chi connectivity index (χ4n) is 2.48. The summed E-state index contributed by atoms with van der Waals surface area (Å²) in [6.07, 6.45) is 3.10. The molecule has 0 saturated carbocycles. The summed E-state index contributed by atoms with van der Waals surface area (Å²) >= 11 is 0. The van der Waals surface area contributed by atoms with Crippen molar-refractivity contribution in [2.75, 3.05) is 0 Å². The van der Waals surface area contributed by atoms with Gasteiger partial charge in [0.1, 0.15) is 5.82 Å². The lowest BCUT2D eigenvalue weighted by atomic mass is 10.1. The van der Waals surface area contributed by atoms with E-state index < -0.39 is 0 Å². The molecular weight excluding hydrogens is 316 g/mol. The predicted octanol–water partition coefficient (Wildman–Crippen LogP) is 2.81. The number of benzene rings is 1. The topological polar surface area (TPSA) is 79.5 Å². The van der Waals surface area contributed by atoms with E-state index in [-0.39, 0.29) is 17.0 Å². The first-order valence-corrected chi connectivity index (χ1v) is 7.97. The molecule has 128 valence electrons. The Hall–Kier alpha value is -3.15. The Morgan fingerprint density at radius 1 is 1.12 bits per heavy atom. The largest absolute Gasteiger partial charge is 0.494 e. The number of hydrazone groups is 1. The second kappa shape index (κ2) is 6.39. The van der Waals surface area contributed by atoms with Crippen molar-refractivity contribution in [1.82, 2.24) is 15.0 Å². The standard InChI is InChI=1S/C19H20N4O2/c1-19(2,3)22-21-12-15-13-8-4-5-9-14(13)17(24)23(18(15)25)16-10-6-7-11-20-16/h4-12,22,25H,1-3H3/b21-12+. The number of nitrogens with zero attached hydrogens (tertiary/aromatic N) is 3. The van der Waals surface area contributed by atoms with Crippen LogP contribution in [0, 0.1) is 0 Å². The molecule has 0 aliphatic rings. The van der Waals surface area contributed by atoms with E-state index in [2.05, 4.69) is 15.5 Å². The molecule has 2 heterocycles. The molecule has 1 aromatic carbocycles. The van der Waals surface area contributed by atoms with Crippen LogP contribution in [0.2, 0.25) is 0 Å². The Kier molecular flexibility index (Phi) is 4.27. The van der Waals surface area contributed by atoms with Gasteiger partial charge in [-0.05, 0) is 39.0 Å². The van der Waals surface area contributed by atoms with Gasteiger partial charge in [0.25, 0.3) is 5.56 Å². The fourth-order valence-corrected chi connectivity index (χ4v) is 2.48. The van der Waals surface area contributed by atoms with Crippen molar-refractivity contribution in [1.29, 1.82) is 0 Å². The maximum Gasteiger partial charge on any atom is 0.267 e. The van der Waals surface area contributed by atoms with Gasteiger partial charge in [-0.2, -0.15) is 5.10 Å². The third-order valence-electron chi connectivity index (χ3n) is 3.58. The molecule has 0 saturated heterocycles. The minimum absolute atomic E-state index is 0.193. The zero-order chi connectivity index (χ0) is 18.0. The van der Waals surface area contributed by atoms with Crippen LogP contribution in [0.4, 0.5) is 0 Å². The van der Waals surface area contributed by atoms with Crippen LogP contribution >= 0.6 is 0 Å². The molecule has 0 unspecified atom stereocenters. The van der Waals surface area contributed by atoms with Crippen LogP contribution in [0.3, 0.4) is 0 Å². The fraction of sp³-hybridized carbons (Fsp3) is 0.211. The SMILES string of the molecule is CC(C)(C)N/N=C/c1c(O)n(-c2ccccn2)c(=O)c2ccccc12. The van der Waals surface area contributed by atoms with Crippen molar-refractivity contribution < 1.29 is 5.11 Å². The summed E-state index contributed by atoms with van der Waals surface area (Å²) in [5.41, 5.74) is 2.91. The highest BCUT2D eigenvalue weighted by Gasteiger charge is 2.17. The summed E-state index contributed by atoms with van der Waals surface area (Å²) in [7, 11) is 0. The lowest BCUT2D eigenvalue weighted by Crippen LogP contribution is -2.31. The summed E-state index contributed by atoms with van der Waals surface area (Å²) < 4.78 is 1.20. The predicted molar refractivity (Wildman–Crippen MR) is 99.5 cm³/mol. The van der Waals surface area contributed by atoms with Crippen molar-refractivity contribution in [3.05, 3.63) is 64.6 Å². The second-order valence-electron chi connectivity index (χ2n) is 6.73. The highest BCUT2D eigenvalue weighted by Crippen LogP contribution is 2.25. The average molecular weight is 336 g/mol. The van der Waals surface area contributed by atoms with Crippen molar-refractivity contribution in [2.24, 2.45) is 5.10 Å². The van der Waals surface area contributed by atoms with Crippen LogP contribution in [-0.4, -0.2) is 26.4 Å². The Morgan fingerprint density at radius 3 is 2.44 bits per heavy atom. The van der Waals surface area contributed by atoms with Gasteiger partial charge in [-0.1, -0.05) is 24.3 Å². The van der Waals surface area contributed by atoms with E-state index in [1.165, 1.54) is 10.8 Å². The normalized spacial score (nSPS) is 12.0. The molecule has 0 spiro atoms. The van der Waals surface area contributed by atoms with Crippen molar-refractivity contribution >= 4 is 17.0 Å². The maximum absolute atomic E-state index is 12.8. The number of hydrogen-bond donors (Lipinski definition) is 2. The first-order valence-electron chi connectivity index (χ1n) is 7.97. The van der Waals surface area contributed by atoms with E-state index in [0.29, 0.717) is 22.2 Å². The highest BCUT2D eigenvalue weighted by molar-refractivity contribution is 6.01. The van der Waals surface area contributed by atoms with Crippen LogP contribution in [0.15, 0.2) is 58.6 Å². The molecule has 0 aliphatic carbocycles. The van der Waals surface area contributed by atoms with Gasteiger partial charge >= 0.3 is 0 Å². The zero-order valence-corrected chi connectivity index (χ0v) is 14.4. The molecule has 0 aliphatic heterocycles. The summed E-state index contributed by atoms with van der Waals surface area (Å²) in [5, 5.41) is 16.1. The Bertz CT molecular complexity index is 986. The van der Waals surface area contributed by atoms with Crippen molar-refractivity contribution in [3.63, 3.8) is 0 Å². The minimum atomic E-state index is -0.326. The molecule has 0 fully saturated rings. The van der Waals surface area contributed by atoms with Gasteiger partial charge < -0.3 is 10.5 Å². The molecule has 2 N–H and O–H groups in total. The van der Waals surface area contributed by atoms with E-state index in [4.69, 9.17) is 0 Å². The minimum Gasteiger partial charge on any atom is -0.494 e. The second-order valence-corrected chi connectivity index (χ2v) is 6.73. The van der Waals surface area contributed by atoms with Crippen molar-refractivity contribution in [3.8, 4) is 11.7 Å². The van der Waals surface area contributed by atoms with Crippen LogP contribution in [0.25, 0.3) is 16.6 Å². The van der Waals surface area contributed by atoms with E-state index in [1.807, 2.05) is 26.8 Å². The Balaban J connectivity index is 2.27. The van der Waals surface area contributed by atoms with Gasteiger partial charge in [-0.25, -0.2) is 9.55 Å². The Labute approximate surface area is 145 Å². The molecule has 0 amide bonds. The Morgan fingerprint density at radius 2 is 1.80 bits per heavy atom. The first kappa shape index (κ1) is 16.7. The van der Waals surface area contributed by atoms with Gasteiger partial charge in [0.15, 0.2) is 0 Å². The van der Waals surface area contributed by atoms with Gasteiger partial charge in [-0.3, -0.25) is 4.79 Å². The third-order valence-corrected chi connectivity index (χ3v) is 3.58. The van der Waals surface area contributed by atoms with E-state index in [9.17, 15) is 9.90 Å². The summed E-state index contributed by atoms with van der Waals surface area (Å²) in [4.78, 5) is 17.0. The van der Waals surface area contributed by atoms with Gasteiger partial charge in [0.05, 0.1) is 11.8 Å². The van der Waals surface area contributed by atoms with Crippen LogP contribution in [0.1, 0.15) is 26.3 Å². The molecule has 6 nitrogen and oxygen atoms in total. The number of aromatic nitrogens is 2. The molecule has 6 heteroatoms. The smallest absolute Gasteiger partial charge is 0.267 e. The molecule has 3 aromatic rings. The molecule has 2 aromatic heterocycles. The molecule has 0 atom stereocenters. The zero-order valence-electron chi connectivity index (χ0n) is 14.4. The maximum atomic E-state index is 12.8. The number of hydrogen-bond acceptors (Lipinski definition) is 5. The summed E-state index contributed by atoms with van der Waals surface area (Å²) in [6, 6.07) is 12.3. The van der Waals surface area contributed by atoms with Crippen molar-refractivity contribution in [2.45, 2.75) is 26.3 Å². The monoisotopic (exact) mass is 336 g/mol. The summed E-state index contributed by atoms with van der Waals surface area (Å²) in [6.45, 7) is 5.95. The van der Waals surface area contributed by atoms with Crippen LogP contribution in [-0.2, 0) is 0 Å². The molecule has 0 bridgehead atoms. The quantitative estimate of drug-likeness (QED) is 0.569. The molecular formula is C19H20N4O2. The third kappa shape index (κ3) is 3.38. The summed E-state index contributed by atoms with van der Waals surface area (Å²) in [5.74, 6) is 0.163. The molecule has 25 heavy (non-hydrogen) atoms. The van der Waals surface area contributed by atoms with E-state index in [1.54, 1.807) is 42.6 Å². The number of fused-ring (bicyclic) bond motifs is 1. The molecule has 3 rings (SSSR count).